The van der Waals surface area contributed by atoms with Gasteiger partial charge in [-0.2, -0.15) is 10.1 Å². The highest BCUT2D eigenvalue weighted by Gasteiger charge is 2.27. The van der Waals surface area contributed by atoms with E-state index in [4.69, 9.17) is 25.5 Å². The van der Waals surface area contributed by atoms with Gasteiger partial charge >= 0.3 is 0 Å². The fourth-order valence-corrected chi connectivity index (χ4v) is 4.50. The molecule has 1 aliphatic heterocycles. The van der Waals surface area contributed by atoms with Gasteiger partial charge in [-0.1, -0.05) is 12.1 Å². The average molecular weight is 409 g/mol. The van der Waals surface area contributed by atoms with Crippen molar-refractivity contribution >= 4 is 22.7 Å². The van der Waals surface area contributed by atoms with Crippen molar-refractivity contribution in [2.24, 2.45) is 0 Å². The summed E-state index contributed by atoms with van der Waals surface area (Å²) in [4.78, 5) is 12.2. The van der Waals surface area contributed by atoms with Gasteiger partial charge < -0.3 is 20.5 Å². The van der Waals surface area contributed by atoms with Gasteiger partial charge in [0.2, 0.25) is 5.95 Å². The number of ether oxygens (including phenoxy) is 1. The van der Waals surface area contributed by atoms with Crippen LogP contribution in [0.1, 0.15) is 38.6 Å². The second kappa shape index (κ2) is 7.85. The van der Waals surface area contributed by atoms with Crippen molar-refractivity contribution in [2.75, 3.05) is 30.4 Å². The molecular weight excluding hydrogens is 380 g/mol. The third-order valence-corrected chi connectivity index (χ3v) is 6.26. The van der Waals surface area contributed by atoms with Crippen LogP contribution in [0, 0.1) is 0 Å². The van der Waals surface area contributed by atoms with Gasteiger partial charge in [0.05, 0.1) is 48.7 Å². The quantitative estimate of drug-likeness (QED) is 0.643. The first-order chi connectivity index (χ1) is 14.6. The first kappa shape index (κ1) is 19.3. The summed E-state index contributed by atoms with van der Waals surface area (Å²) < 4.78 is 7.65. The summed E-state index contributed by atoms with van der Waals surface area (Å²) in [5, 5.41) is 15.6. The van der Waals surface area contributed by atoms with Crippen LogP contribution < -0.4 is 10.6 Å². The molecule has 5 rings (SSSR count). The Labute approximate surface area is 175 Å². The molecule has 3 aromatic rings. The Morgan fingerprint density at radius 3 is 2.60 bits per heavy atom. The van der Waals surface area contributed by atoms with Crippen molar-refractivity contribution in [2.45, 2.75) is 50.8 Å². The number of anilines is 2. The van der Waals surface area contributed by atoms with E-state index >= 15 is 0 Å². The van der Waals surface area contributed by atoms with E-state index in [1.165, 1.54) is 0 Å². The van der Waals surface area contributed by atoms with E-state index in [9.17, 15) is 5.11 Å². The van der Waals surface area contributed by atoms with Crippen LogP contribution in [0.25, 0.3) is 22.3 Å². The molecule has 2 aromatic heterocycles. The number of hydrogen-bond donors (Lipinski definition) is 2. The molecule has 1 saturated heterocycles. The molecule has 3 N–H and O–H groups in total. The lowest BCUT2D eigenvalue weighted by Gasteiger charge is -2.33. The lowest BCUT2D eigenvalue weighted by molar-refractivity contribution is 0.0981. The molecule has 8 heteroatoms. The van der Waals surface area contributed by atoms with E-state index < -0.39 is 0 Å². The zero-order chi connectivity index (χ0) is 20.7. The highest BCUT2D eigenvalue weighted by Crippen LogP contribution is 2.34. The van der Waals surface area contributed by atoms with Gasteiger partial charge in [0.15, 0.2) is 5.65 Å². The number of morpholine rings is 1. The highest BCUT2D eigenvalue weighted by molar-refractivity contribution is 5.91. The zero-order valence-electron chi connectivity index (χ0n) is 17.2. The molecule has 30 heavy (non-hydrogen) atoms. The summed E-state index contributed by atoms with van der Waals surface area (Å²) in [6.45, 7) is 4.23. The predicted octanol–water partition coefficient (Wildman–Crippen LogP) is 2.78. The summed E-state index contributed by atoms with van der Waals surface area (Å²) in [6.07, 6.45) is 5.08. The first-order valence-electron chi connectivity index (χ1n) is 10.7. The van der Waals surface area contributed by atoms with Gasteiger partial charge in [-0.25, -0.2) is 9.67 Å². The van der Waals surface area contributed by atoms with Crippen molar-refractivity contribution in [3.05, 3.63) is 30.5 Å². The minimum Gasteiger partial charge on any atom is -0.399 e. The second-order valence-corrected chi connectivity index (χ2v) is 8.40. The van der Waals surface area contributed by atoms with Crippen LogP contribution in [0.2, 0.25) is 0 Å². The lowest BCUT2D eigenvalue weighted by Crippen LogP contribution is -2.44. The van der Waals surface area contributed by atoms with Crippen molar-refractivity contribution < 1.29 is 9.84 Å². The SMILES string of the molecule is C[C@H]1COCCN1c1nc(-c2ccc(N)cc2)c2cnn(C3CCC(O)CC3)c2n1. The third-order valence-electron chi connectivity index (χ3n) is 6.26. The Hall–Kier alpha value is -2.71. The summed E-state index contributed by atoms with van der Waals surface area (Å²) in [6, 6.07) is 8.24. The van der Waals surface area contributed by atoms with Crippen LogP contribution in [0.15, 0.2) is 30.5 Å². The Bertz CT molecular complexity index is 1030. The fourth-order valence-electron chi connectivity index (χ4n) is 4.50. The molecule has 1 aromatic carbocycles. The summed E-state index contributed by atoms with van der Waals surface area (Å²) >= 11 is 0. The first-order valence-corrected chi connectivity index (χ1v) is 10.7. The maximum Gasteiger partial charge on any atom is 0.228 e. The fraction of sp³-hybridized carbons (Fsp3) is 0.500. The van der Waals surface area contributed by atoms with Crippen LogP contribution in [0.5, 0.6) is 0 Å². The molecule has 0 unspecified atom stereocenters. The minimum atomic E-state index is -0.201. The van der Waals surface area contributed by atoms with Crippen LogP contribution in [-0.2, 0) is 4.74 Å². The van der Waals surface area contributed by atoms with Crippen LogP contribution in [-0.4, -0.2) is 56.8 Å². The number of rotatable bonds is 3. The maximum atomic E-state index is 9.91. The monoisotopic (exact) mass is 408 g/mol. The van der Waals surface area contributed by atoms with E-state index in [2.05, 4.69) is 11.8 Å². The number of nitrogens with two attached hydrogens (primary N) is 1. The average Bonchev–Trinajstić information content (AvgIpc) is 3.19. The maximum absolute atomic E-state index is 9.91. The predicted molar refractivity (Wildman–Crippen MR) is 116 cm³/mol. The smallest absolute Gasteiger partial charge is 0.228 e. The van der Waals surface area contributed by atoms with Crippen molar-refractivity contribution in [1.29, 1.82) is 0 Å². The highest BCUT2D eigenvalue weighted by atomic mass is 16.5. The summed E-state index contributed by atoms with van der Waals surface area (Å²) in [5.74, 6) is 0.711. The number of benzene rings is 1. The molecule has 0 radical (unpaired) electrons. The van der Waals surface area contributed by atoms with Gasteiger partial charge in [-0.3, -0.25) is 0 Å². The zero-order valence-corrected chi connectivity index (χ0v) is 17.2. The van der Waals surface area contributed by atoms with Crippen molar-refractivity contribution in [3.8, 4) is 11.3 Å². The number of hydrogen-bond acceptors (Lipinski definition) is 7. The normalized spacial score (nSPS) is 25.0. The molecule has 0 spiro atoms. The van der Waals surface area contributed by atoms with E-state index in [-0.39, 0.29) is 18.2 Å². The van der Waals surface area contributed by atoms with Gasteiger partial charge in [0, 0.05) is 17.8 Å². The van der Waals surface area contributed by atoms with Crippen LogP contribution in [0.3, 0.4) is 0 Å². The van der Waals surface area contributed by atoms with E-state index in [1.54, 1.807) is 0 Å². The molecule has 0 bridgehead atoms. The minimum absolute atomic E-state index is 0.201. The lowest BCUT2D eigenvalue weighted by atomic mass is 9.93. The molecule has 1 saturated carbocycles. The number of nitrogens with zero attached hydrogens (tertiary/aromatic N) is 5. The van der Waals surface area contributed by atoms with Gasteiger partial charge in [0.25, 0.3) is 0 Å². The Balaban J connectivity index is 1.64. The molecule has 0 amide bonds. The number of fused-ring (bicyclic) bond motifs is 1. The largest absolute Gasteiger partial charge is 0.399 e. The number of nitrogen functional groups attached to an aromatic ring is 1. The molecule has 1 atom stereocenters. The molecule has 2 aliphatic rings. The Morgan fingerprint density at radius 1 is 1.10 bits per heavy atom. The Kier molecular flexibility index (Phi) is 5.04. The Morgan fingerprint density at radius 2 is 1.87 bits per heavy atom. The van der Waals surface area contributed by atoms with Gasteiger partial charge in [0.1, 0.15) is 0 Å². The molecule has 1 aliphatic carbocycles. The van der Waals surface area contributed by atoms with E-state index in [1.807, 2.05) is 35.1 Å². The van der Waals surface area contributed by atoms with E-state index in [0.29, 0.717) is 19.2 Å². The van der Waals surface area contributed by atoms with Crippen LogP contribution >= 0.6 is 0 Å². The molecule has 3 heterocycles. The van der Waals surface area contributed by atoms with E-state index in [0.717, 1.165) is 60.2 Å². The van der Waals surface area contributed by atoms with Gasteiger partial charge in [-0.15, -0.1) is 0 Å². The number of aliphatic hydroxyl groups is 1. The molecule has 8 nitrogen and oxygen atoms in total. The van der Waals surface area contributed by atoms with Gasteiger partial charge in [-0.05, 0) is 44.7 Å². The summed E-state index contributed by atoms with van der Waals surface area (Å²) in [7, 11) is 0. The standard InChI is InChI=1S/C22H28N6O2/c1-14-13-30-11-10-27(14)22-25-20(15-2-4-16(23)5-3-15)19-12-24-28(21(19)26-22)17-6-8-18(29)9-7-17/h2-5,12,14,17-18,29H,6-11,13,23H2,1H3/t14-,17?,18?/m0/s1. The van der Waals surface area contributed by atoms with Crippen molar-refractivity contribution in [1.82, 2.24) is 19.7 Å². The molecule has 2 fully saturated rings. The molecular formula is C22H28N6O2. The number of aromatic nitrogens is 4. The van der Waals surface area contributed by atoms with Crippen LogP contribution in [0.4, 0.5) is 11.6 Å². The number of aliphatic hydroxyl groups excluding tert-OH is 1. The molecule has 158 valence electrons. The topological polar surface area (TPSA) is 102 Å². The summed E-state index contributed by atoms with van der Waals surface area (Å²) in [5.41, 5.74) is 9.35. The van der Waals surface area contributed by atoms with Crippen molar-refractivity contribution in [3.63, 3.8) is 0 Å². The second-order valence-electron chi connectivity index (χ2n) is 8.40. The third kappa shape index (κ3) is 3.50.